The minimum absolute atomic E-state index is 0.737. The van der Waals surface area contributed by atoms with E-state index in [0.717, 1.165) is 29.4 Å². The Hall–Kier alpha value is -2.43. The number of fused-ring (bicyclic) bond motifs is 1. The van der Waals surface area contributed by atoms with Gasteiger partial charge in [0.1, 0.15) is 5.82 Å². The summed E-state index contributed by atoms with van der Waals surface area (Å²) in [6.45, 7) is 4.69. The second kappa shape index (κ2) is 4.68. The van der Waals surface area contributed by atoms with Gasteiger partial charge in [-0.3, -0.25) is 4.98 Å². The van der Waals surface area contributed by atoms with Crippen LogP contribution >= 0.6 is 0 Å². The lowest BCUT2D eigenvalue weighted by molar-refractivity contribution is 0.906. The molecule has 5 nitrogen and oxygen atoms in total. The second-order valence-electron chi connectivity index (χ2n) is 4.54. The Labute approximate surface area is 111 Å². The van der Waals surface area contributed by atoms with Crippen molar-refractivity contribution in [3.8, 4) is 0 Å². The van der Waals surface area contributed by atoms with Gasteiger partial charge in [-0.05, 0) is 37.6 Å². The van der Waals surface area contributed by atoms with Gasteiger partial charge in [0.25, 0.3) is 0 Å². The minimum atomic E-state index is 0.737. The Morgan fingerprint density at radius 2 is 1.89 bits per heavy atom. The average molecular weight is 253 g/mol. The summed E-state index contributed by atoms with van der Waals surface area (Å²) in [5.41, 5.74) is 4.03. The third-order valence-electron chi connectivity index (χ3n) is 2.91. The van der Waals surface area contributed by atoms with Crippen LogP contribution in [-0.2, 0) is 6.54 Å². The molecule has 5 heteroatoms. The summed E-state index contributed by atoms with van der Waals surface area (Å²) >= 11 is 0. The third kappa shape index (κ3) is 2.40. The van der Waals surface area contributed by atoms with Crippen LogP contribution < -0.4 is 5.32 Å². The molecule has 0 atom stereocenters. The van der Waals surface area contributed by atoms with Crippen LogP contribution in [0.5, 0.6) is 0 Å². The van der Waals surface area contributed by atoms with Gasteiger partial charge in [-0.15, -0.1) is 0 Å². The molecule has 0 aliphatic heterocycles. The Morgan fingerprint density at radius 3 is 2.74 bits per heavy atom. The first-order valence-electron chi connectivity index (χ1n) is 6.19. The number of rotatable bonds is 3. The van der Waals surface area contributed by atoms with Gasteiger partial charge in [-0.25, -0.2) is 4.98 Å². The molecular formula is C14H15N5. The molecular weight excluding hydrogens is 238 g/mol. The molecule has 3 aromatic rings. The molecule has 0 aliphatic rings. The molecule has 0 saturated carbocycles. The molecule has 0 bridgehead atoms. The number of hydrogen-bond acceptors (Lipinski definition) is 4. The molecule has 1 N–H and O–H groups in total. The maximum atomic E-state index is 4.42. The first kappa shape index (κ1) is 11.6. The van der Waals surface area contributed by atoms with Gasteiger partial charge in [0.2, 0.25) is 0 Å². The van der Waals surface area contributed by atoms with Crippen molar-refractivity contribution in [3.63, 3.8) is 0 Å². The summed E-state index contributed by atoms with van der Waals surface area (Å²) < 4.78 is 1.82. The summed E-state index contributed by atoms with van der Waals surface area (Å²) in [5.74, 6) is 0.938. The van der Waals surface area contributed by atoms with E-state index in [-0.39, 0.29) is 0 Å². The number of anilines is 1. The van der Waals surface area contributed by atoms with Crippen molar-refractivity contribution in [1.82, 2.24) is 19.6 Å². The number of aromatic nitrogens is 4. The summed E-state index contributed by atoms with van der Waals surface area (Å²) in [7, 11) is 0. The normalized spacial score (nSPS) is 10.8. The number of nitrogens with one attached hydrogen (secondary N) is 1. The average Bonchev–Trinajstić information content (AvgIpc) is 2.77. The van der Waals surface area contributed by atoms with Crippen molar-refractivity contribution in [2.75, 3.05) is 5.32 Å². The zero-order valence-electron chi connectivity index (χ0n) is 11.0. The van der Waals surface area contributed by atoms with Gasteiger partial charge in [-0.1, -0.05) is 0 Å². The summed E-state index contributed by atoms with van der Waals surface area (Å²) in [6, 6.07) is 7.96. The van der Waals surface area contributed by atoms with E-state index in [9.17, 15) is 0 Å². The van der Waals surface area contributed by atoms with Gasteiger partial charge < -0.3 is 5.32 Å². The molecule has 0 aromatic carbocycles. The van der Waals surface area contributed by atoms with E-state index in [0.29, 0.717) is 0 Å². The largest absolute Gasteiger partial charge is 0.366 e. The van der Waals surface area contributed by atoms with Crippen LogP contribution in [0.15, 0.2) is 36.7 Å². The van der Waals surface area contributed by atoms with Crippen LogP contribution in [0.1, 0.15) is 17.0 Å². The van der Waals surface area contributed by atoms with E-state index in [1.807, 2.05) is 42.8 Å². The molecule has 3 rings (SSSR count). The summed E-state index contributed by atoms with van der Waals surface area (Å²) in [6.07, 6.45) is 3.61. The fourth-order valence-electron chi connectivity index (χ4n) is 2.05. The second-order valence-corrected chi connectivity index (χ2v) is 4.54. The molecule has 0 unspecified atom stereocenters. The van der Waals surface area contributed by atoms with E-state index in [4.69, 9.17) is 0 Å². The molecule has 3 heterocycles. The molecule has 0 saturated heterocycles. The SMILES string of the molecule is Cc1cc(CNc2ccnc3cc(C)nn23)ccn1. The monoisotopic (exact) mass is 253 g/mol. The maximum absolute atomic E-state index is 4.42. The highest BCUT2D eigenvalue weighted by Crippen LogP contribution is 2.12. The zero-order valence-corrected chi connectivity index (χ0v) is 11.0. The quantitative estimate of drug-likeness (QED) is 0.778. The molecule has 3 aromatic heterocycles. The predicted octanol–water partition coefficient (Wildman–Crippen LogP) is 2.35. The summed E-state index contributed by atoms with van der Waals surface area (Å²) in [4.78, 5) is 8.48. The molecule has 0 amide bonds. The van der Waals surface area contributed by atoms with E-state index in [1.165, 1.54) is 5.56 Å². The van der Waals surface area contributed by atoms with Crippen LogP contribution in [0.3, 0.4) is 0 Å². The number of hydrogen-bond donors (Lipinski definition) is 1. The Balaban J connectivity index is 1.85. The van der Waals surface area contributed by atoms with E-state index >= 15 is 0 Å². The standard InChI is InChI=1S/C14H15N5/c1-10-7-12(3-5-15-10)9-17-13-4-6-16-14-8-11(2)18-19(13)14/h3-8,17H,9H2,1-2H3. The van der Waals surface area contributed by atoms with Crippen molar-refractivity contribution in [3.05, 3.63) is 53.6 Å². The van der Waals surface area contributed by atoms with Gasteiger partial charge in [0.15, 0.2) is 5.65 Å². The first-order chi connectivity index (χ1) is 9.22. The van der Waals surface area contributed by atoms with E-state index in [1.54, 1.807) is 6.20 Å². The number of pyridine rings is 1. The van der Waals surface area contributed by atoms with Crippen LogP contribution in [-0.4, -0.2) is 19.6 Å². The minimum Gasteiger partial charge on any atom is -0.366 e. The first-order valence-corrected chi connectivity index (χ1v) is 6.19. The highest BCUT2D eigenvalue weighted by molar-refractivity contribution is 5.48. The van der Waals surface area contributed by atoms with Gasteiger partial charge in [-0.2, -0.15) is 9.61 Å². The highest BCUT2D eigenvalue weighted by Gasteiger charge is 2.03. The van der Waals surface area contributed by atoms with Crippen LogP contribution in [0.25, 0.3) is 5.65 Å². The van der Waals surface area contributed by atoms with Crippen molar-refractivity contribution in [2.45, 2.75) is 20.4 Å². The topological polar surface area (TPSA) is 55.1 Å². The van der Waals surface area contributed by atoms with Crippen LogP contribution in [0.2, 0.25) is 0 Å². The van der Waals surface area contributed by atoms with E-state index < -0.39 is 0 Å². The molecule has 0 fully saturated rings. The Bertz CT molecular complexity index is 717. The van der Waals surface area contributed by atoms with E-state index in [2.05, 4.69) is 26.4 Å². The molecule has 0 radical (unpaired) electrons. The third-order valence-corrected chi connectivity index (χ3v) is 2.91. The van der Waals surface area contributed by atoms with Crippen LogP contribution in [0.4, 0.5) is 5.82 Å². The Kier molecular flexibility index (Phi) is 2.87. The smallest absolute Gasteiger partial charge is 0.157 e. The van der Waals surface area contributed by atoms with Crippen LogP contribution in [0, 0.1) is 13.8 Å². The lowest BCUT2D eigenvalue weighted by Crippen LogP contribution is -2.06. The fraction of sp³-hybridized carbons (Fsp3) is 0.214. The molecule has 19 heavy (non-hydrogen) atoms. The van der Waals surface area contributed by atoms with Gasteiger partial charge >= 0.3 is 0 Å². The van der Waals surface area contributed by atoms with Gasteiger partial charge in [0.05, 0.1) is 5.69 Å². The molecule has 96 valence electrons. The highest BCUT2D eigenvalue weighted by atomic mass is 15.3. The zero-order chi connectivity index (χ0) is 13.2. The fourth-order valence-corrected chi connectivity index (χ4v) is 2.05. The molecule has 0 spiro atoms. The maximum Gasteiger partial charge on any atom is 0.157 e. The lowest BCUT2D eigenvalue weighted by atomic mass is 10.2. The molecule has 0 aliphatic carbocycles. The Morgan fingerprint density at radius 1 is 1.05 bits per heavy atom. The predicted molar refractivity (Wildman–Crippen MR) is 74.0 cm³/mol. The summed E-state index contributed by atoms with van der Waals surface area (Å²) in [5, 5.41) is 7.80. The number of aryl methyl sites for hydroxylation is 2. The van der Waals surface area contributed by atoms with Crippen molar-refractivity contribution in [2.24, 2.45) is 0 Å². The number of nitrogens with zero attached hydrogens (tertiary/aromatic N) is 4. The lowest BCUT2D eigenvalue weighted by Gasteiger charge is -2.08. The van der Waals surface area contributed by atoms with Crippen molar-refractivity contribution < 1.29 is 0 Å². The van der Waals surface area contributed by atoms with Crippen molar-refractivity contribution >= 4 is 11.5 Å². The van der Waals surface area contributed by atoms with Crippen molar-refractivity contribution in [1.29, 1.82) is 0 Å². The van der Waals surface area contributed by atoms with Gasteiger partial charge in [0, 0.05) is 30.7 Å².